The number of alkyl carbamates (subject to hydrolysis) is 2. The number of alkyl halides is 1. The number of methoxy groups -OCH3 is 2. The van der Waals surface area contributed by atoms with E-state index in [-0.39, 0.29) is 5.75 Å². The lowest BCUT2D eigenvalue weighted by atomic mass is 10.1. The van der Waals surface area contributed by atoms with Crippen molar-refractivity contribution in [1.82, 2.24) is 10.6 Å². The van der Waals surface area contributed by atoms with Crippen molar-refractivity contribution in [1.29, 1.82) is 0 Å². The molecule has 2 aromatic rings. The van der Waals surface area contributed by atoms with Gasteiger partial charge in [-0.1, -0.05) is 54.0 Å². The molecule has 0 bridgehead atoms. The molecule has 0 aliphatic heterocycles. The molecule has 2 amide bonds. The molecule has 47 heavy (non-hydrogen) atoms. The smallest absolute Gasteiger partial charge is 0.408 e. The molecule has 0 aliphatic carbocycles. The molecule has 12 nitrogen and oxygen atoms in total. The number of esters is 2. The molecule has 264 valence electrons. The van der Waals surface area contributed by atoms with Crippen molar-refractivity contribution < 1.29 is 48.0 Å². The van der Waals surface area contributed by atoms with Crippen LogP contribution in [0.15, 0.2) is 48.5 Å². The molecule has 2 atom stereocenters. The number of carbonyl (C=O) groups excluding carboxylic acids is 4. The highest BCUT2D eigenvalue weighted by Crippen LogP contribution is 2.21. The van der Waals surface area contributed by atoms with E-state index in [1.54, 1.807) is 65.8 Å². The van der Waals surface area contributed by atoms with Crippen molar-refractivity contribution in [2.75, 3.05) is 26.2 Å². The van der Waals surface area contributed by atoms with Crippen molar-refractivity contribution in [2.45, 2.75) is 91.5 Å². The van der Waals surface area contributed by atoms with Gasteiger partial charge >= 0.3 is 24.1 Å². The van der Waals surface area contributed by atoms with Crippen LogP contribution >= 0.6 is 15.9 Å². The van der Waals surface area contributed by atoms with Gasteiger partial charge in [-0.25, -0.2) is 19.2 Å². The zero-order chi connectivity index (χ0) is 36.2. The summed E-state index contributed by atoms with van der Waals surface area (Å²) >= 11 is 3.25. The fourth-order valence-electron chi connectivity index (χ4n) is 3.29. The average molecular weight is 728 g/mol. The van der Waals surface area contributed by atoms with Gasteiger partial charge in [-0.3, -0.25) is 0 Å². The normalized spacial score (nSPS) is 11.9. The molecule has 0 fully saturated rings. The van der Waals surface area contributed by atoms with E-state index in [1.807, 2.05) is 6.92 Å². The van der Waals surface area contributed by atoms with Crippen LogP contribution in [0, 0.1) is 0 Å². The maximum absolute atomic E-state index is 11.9. The van der Waals surface area contributed by atoms with Crippen molar-refractivity contribution in [2.24, 2.45) is 0 Å². The van der Waals surface area contributed by atoms with Crippen molar-refractivity contribution in [3.63, 3.8) is 0 Å². The summed E-state index contributed by atoms with van der Waals surface area (Å²) < 4.78 is 25.2. The van der Waals surface area contributed by atoms with Gasteiger partial charge in [0.25, 0.3) is 0 Å². The predicted molar refractivity (Wildman–Crippen MR) is 183 cm³/mol. The summed E-state index contributed by atoms with van der Waals surface area (Å²) in [6.45, 7) is 15.2. The van der Waals surface area contributed by atoms with E-state index in [2.05, 4.69) is 38.2 Å². The van der Waals surface area contributed by atoms with Gasteiger partial charge in [0, 0.05) is 5.33 Å². The summed E-state index contributed by atoms with van der Waals surface area (Å²) in [6, 6.07) is 10.9. The van der Waals surface area contributed by atoms with Crippen LogP contribution in [0.25, 0.3) is 0 Å². The predicted octanol–water partition coefficient (Wildman–Crippen LogP) is 7.14. The molecule has 2 rings (SSSR count). The van der Waals surface area contributed by atoms with Crippen LogP contribution in [-0.2, 0) is 28.5 Å². The van der Waals surface area contributed by atoms with Crippen molar-refractivity contribution in [3.05, 3.63) is 59.7 Å². The van der Waals surface area contributed by atoms with E-state index >= 15 is 0 Å². The lowest BCUT2D eigenvalue weighted by Crippen LogP contribution is -2.38. The van der Waals surface area contributed by atoms with Crippen LogP contribution in [0.1, 0.15) is 91.4 Å². The maximum atomic E-state index is 11.9. The summed E-state index contributed by atoms with van der Waals surface area (Å²) in [5.74, 6) is -0.425. The number of rotatable bonds is 10. The number of ether oxygens (including phenoxy) is 5. The van der Waals surface area contributed by atoms with Gasteiger partial charge < -0.3 is 39.4 Å². The minimum Gasteiger partial charge on any atom is -0.508 e. The molecular weight excluding hydrogens is 676 g/mol. The third-order valence-electron chi connectivity index (χ3n) is 5.30. The first-order valence-electron chi connectivity index (χ1n) is 15.1. The molecule has 2 unspecified atom stereocenters. The molecule has 0 radical (unpaired) electrons. The van der Waals surface area contributed by atoms with Gasteiger partial charge in [-0.05, 0) is 89.8 Å². The highest BCUT2D eigenvalue weighted by atomic mass is 79.9. The second kappa shape index (κ2) is 21.7. The Bertz CT molecular complexity index is 1220. The van der Waals surface area contributed by atoms with Gasteiger partial charge in [0.05, 0.1) is 20.8 Å². The molecule has 0 saturated heterocycles. The molecule has 0 heterocycles. The van der Waals surface area contributed by atoms with E-state index in [4.69, 9.17) is 18.9 Å². The maximum Gasteiger partial charge on any atom is 0.408 e. The molecule has 0 aliphatic rings. The monoisotopic (exact) mass is 726 g/mol. The van der Waals surface area contributed by atoms with E-state index in [9.17, 15) is 24.3 Å². The summed E-state index contributed by atoms with van der Waals surface area (Å²) in [7, 11) is 2.50. The largest absolute Gasteiger partial charge is 0.508 e. The Morgan fingerprint density at radius 3 is 1.36 bits per heavy atom. The lowest BCUT2D eigenvalue weighted by molar-refractivity contribution is -0.144. The first-order chi connectivity index (χ1) is 21.9. The van der Waals surface area contributed by atoms with E-state index in [0.717, 1.165) is 11.8 Å². The fraction of sp³-hybridized carbons (Fsp3) is 0.529. The molecule has 13 heteroatoms. The Morgan fingerprint density at radius 1 is 0.702 bits per heavy atom. The van der Waals surface area contributed by atoms with E-state index in [1.165, 1.54) is 44.9 Å². The summed E-state index contributed by atoms with van der Waals surface area (Å²) in [5.41, 5.74) is -0.241. The Hall–Kier alpha value is -4.00. The topological polar surface area (TPSA) is 159 Å². The third kappa shape index (κ3) is 19.3. The highest BCUT2D eigenvalue weighted by Gasteiger charge is 2.27. The molecule has 0 spiro atoms. The Balaban J connectivity index is 0.000000814. The second-order valence-corrected chi connectivity index (χ2v) is 12.7. The van der Waals surface area contributed by atoms with E-state index < -0.39 is 47.4 Å². The van der Waals surface area contributed by atoms with Crippen LogP contribution in [-0.4, -0.2) is 66.6 Å². The first-order valence-corrected chi connectivity index (χ1v) is 16.3. The van der Waals surface area contributed by atoms with E-state index in [0.29, 0.717) is 23.5 Å². The van der Waals surface area contributed by atoms with Crippen LogP contribution < -0.4 is 15.4 Å². The number of halogens is 1. The van der Waals surface area contributed by atoms with Gasteiger partial charge in [0.1, 0.15) is 22.7 Å². The number of benzene rings is 2. The first kappa shape index (κ1) is 43.0. The van der Waals surface area contributed by atoms with Crippen LogP contribution in [0.3, 0.4) is 0 Å². The number of hydrogen-bond donors (Lipinski definition) is 3. The average Bonchev–Trinajstić information content (AvgIpc) is 3.00. The summed E-state index contributed by atoms with van der Waals surface area (Å²) in [4.78, 5) is 47.3. The third-order valence-corrected chi connectivity index (χ3v) is 6.09. The number of nitrogens with one attached hydrogen (secondary N) is 2. The Kier molecular flexibility index (Phi) is 19.9. The number of hydrogen-bond acceptors (Lipinski definition) is 10. The highest BCUT2D eigenvalue weighted by molar-refractivity contribution is 9.09. The van der Waals surface area contributed by atoms with Gasteiger partial charge in [-0.2, -0.15) is 0 Å². The fourth-order valence-corrected chi connectivity index (χ4v) is 3.29. The van der Waals surface area contributed by atoms with Crippen LogP contribution in [0.5, 0.6) is 11.5 Å². The summed E-state index contributed by atoms with van der Waals surface area (Å²) in [6.07, 6.45) is 0.743. The molecule has 3 N–H and O–H groups in total. The number of carbonyl (C=O) groups is 4. The number of amides is 2. The van der Waals surface area contributed by atoms with Crippen molar-refractivity contribution in [3.8, 4) is 11.5 Å². The van der Waals surface area contributed by atoms with Crippen molar-refractivity contribution >= 4 is 40.1 Å². The van der Waals surface area contributed by atoms with Gasteiger partial charge in [0.15, 0.2) is 12.1 Å². The minimum absolute atomic E-state index is 0.0645. The molecular formula is C34H51BrN2O10. The van der Waals surface area contributed by atoms with Gasteiger partial charge in [0.2, 0.25) is 0 Å². The second-order valence-electron chi connectivity index (χ2n) is 11.9. The minimum atomic E-state index is -0.990. The molecule has 2 aromatic carbocycles. The quantitative estimate of drug-likeness (QED) is 0.131. The Morgan fingerprint density at radius 2 is 1.06 bits per heavy atom. The zero-order valence-corrected chi connectivity index (χ0v) is 30.7. The zero-order valence-electron chi connectivity index (χ0n) is 29.1. The van der Waals surface area contributed by atoms with Crippen LogP contribution in [0.4, 0.5) is 9.59 Å². The lowest BCUT2D eigenvalue weighted by Gasteiger charge is -2.22. The number of phenols is 1. The standard InChI is InChI=1S/C17H25NO5.C14H19NO5.C3H7Br/c1-6-11-22-13-9-7-12(8-10-13)14(15(19)21-5)18-16(20)23-17(2,3)4;1-14(2,3)20-13(18)15-11(12(17)19-4)9-5-7-10(16)8-6-9;1-2-3-4/h7-10,14H,6,11H2,1-5H3,(H,18,20);5-8,11,16H,1-4H3,(H,15,18);2-3H2,1H3. The Labute approximate surface area is 287 Å². The van der Waals surface area contributed by atoms with Crippen LogP contribution in [0.2, 0.25) is 0 Å². The van der Waals surface area contributed by atoms with Gasteiger partial charge in [-0.15, -0.1) is 0 Å². The number of phenolic OH excluding ortho intramolecular Hbond substituents is 1. The molecule has 0 saturated carbocycles. The number of aromatic hydroxyl groups is 1. The molecule has 0 aromatic heterocycles. The SMILES string of the molecule is CCCBr.CCCOc1ccc(C(NC(=O)OC(C)(C)C)C(=O)OC)cc1.COC(=O)C(NC(=O)OC(C)(C)C)c1ccc(O)cc1. The summed E-state index contributed by atoms with van der Waals surface area (Å²) in [5, 5.41) is 15.3.